The summed E-state index contributed by atoms with van der Waals surface area (Å²) in [7, 11) is 0. The summed E-state index contributed by atoms with van der Waals surface area (Å²) in [6.45, 7) is 0.953. The van der Waals surface area contributed by atoms with Crippen LogP contribution in [0.3, 0.4) is 0 Å². The van der Waals surface area contributed by atoms with E-state index in [-0.39, 0.29) is 18.0 Å². The number of amides is 3. The highest BCUT2D eigenvalue weighted by atomic mass is 32.2. The Balaban J connectivity index is 1.25. The molecular weight excluding hydrogens is 466 g/mol. The summed E-state index contributed by atoms with van der Waals surface area (Å²) < 4.78 is 5.87. The Morgan fingerprint density at radius 2 is 1.86 bits per heavy atom. The zero-order valence-corrected chi connectivity index (χ0v) is 19.4. The van der Waals surface area contributed by atoms with Gasteiger partial charge in [0.1, 0.15) is 21.8 Å². The fraction of sp³-hybridized carbons (Fsp3) is 0.240. The number of β-amino-alcohol motifs (C(OH)–C–C–N with tert-alkyl or cyclic N) is 1. The van der Waals surface area contributed by atoms with Gasteiger partial charge in [0.15, 0.2) is 0 Å². The SMILES string of the molecule is O=C(N[C@H]1CNC[C@@H]1O)C1Sc2nccc3c2C1NC(=O)N3c1ccc(Oc2ccccc2)cc1. The Morgan fingerprint density at radius 3 is 2.60 bits per heavy atom. The summed E-state index contributed by atoms with van der Waals surface area (Å²) >= 11 is 1.33. The highest BCUT2D eigenvalue weighted by molar-refractivity contribution is 8.01. The number of aliphatic hydroxyl groups is 1. The number of para-hydroxylation sites is 1. The summed E-state index contributed by atoms with van der Waals surface area (Å²) in [6, 6.07) is 17.4. The minimum Gasteiger partial charge on any atom is -0.457 e. The smallest absolute Gasteiger partial charge is 0.327 e. The molecule has 3 aliphatic heterocycles. The topological polar surface area (TPSA) is 116 Å². The van der Waals surface area contributed by atoms with Crippen LogP contribution in [0.4, 0.5) is 16.2 Å². The molecule has 10 heteroatoms. The maximum absolute atomic E-state index is 13.3. The molecule has 2 unspecified atom stereocenters. The third kappa shape index (κ3) is 3.99. The van der Waals surface area contributed by atoms with Gasteiger partial charge in [0.05, 0.1) is 29.6 Å². The summed E-state index contributed by atoms with van der Waals surface area (Å²) in [5.74, 6) is 1.16. The lowest BCUT2D eigenvalue weighted by atomic mass is 9.99. The van der Waals surface area contributed by atoms with Crippen molar-refractivity contribution in [3.63, 3.8) is 0 Å². The van der Waals surface area contributed by atoms with Gasteiger partial charge >= 0.3 is 6.03 Å². The van der Waals surface area contributed by atoms with Gasteiger partial charge < -0.3 is 25.8 Å². The predicted molar refractivity (Wildman–Crippen MR) is 131 cm³/mol. The zero-order chi connectivity index (χ0) is 23.9. The molecule has 0 radical (unpaired) electrons. The largest absolute Gasteiger partial charge is 0.457 e. The molecule has 2 aromatic carbocycles. The van der Waals surface area contributed by atoms with Gasteiger partial charge in [-0.1, -0.05) is 30.0 Å². The molecular formula is C25H23N5O4S. The number of aromatic nitrogens is 1. The molecule has 0 spiro atoms. The van der Waals surface area contributed by atoms with Crippen LogP contribution in [-0.2, 0) is 4.79 Å². The highest BCUT2D eigenvalue weighted by Gasteiger charge is 2.47. The molecule has 1 aromatic heterocycles. The molecule has 3 aliphatic rings. The van der Waals surface area contributed by atoms with E-state index >= 15 is 0 Å². The monoisotopic (exact) mass is 489 g/mol. The molecule has 9 nitrogen and oxygen atoms in total. The first kappa shape index (κ1) is 21.9. The van der Waals surface area contributed by atoms with Gasteiger partial charge in [-0.2, -0.15) is 0 Å². The minimum absolute atomic E-state index is 0.229. The van der Waals surface area contributed by atoms with Crippen LogP contribution >= 0.6 is 11.8 Å². The predicted octanol–water partition coefficient (Wildman–Crippen LogP) is 2.70. The summed E-state index contributed by atoms with van der Waals surface area (Å²) in [4.78, 5) is 32.4. The minimum atomic E-state index is -0.633. The van der Waals surface area contributed by atoms with Gasteiger partial charge in [-0.05, 0) is 42.5 Å². The van der Waals surface area contributed by atoms with Crippen LogP contribution in [0.15, 0.2) is 71.9 Å². The number of nitrogens with one attached hydrogen (secondary N) is 3. The molecule has 4 atom stereocenters. The Morgan fingerprint density at radius 1 is 1.09 bits per heavy atom. The van der Waals surface area contributed by atoms with Crippen LogP contribution in [-0.4, -0.2) is 52.5 Å². The second kappa shape index (κ2) is 8.88. The number of anilines is 2. The van der Waals surface area contributed by atoms with Crippen LogP contribution in [0.1, 0.15) is 11.6 Å². The summed E-state index contributed by atoms with van der Waals surface area (Å²) in [5.41, 5.74) is 2.20. The van der Waals surface area contributed by atoms with Crippen molar-refractivity contribution in [3.05, 3.63) is 72.4 Å². The first-order valence-corrected chi connectivity index (χ1v) is 12.2. The van der Waals surface area contributed by atoms with Crippen LogP contribution in [0.2, 0.25) is 0 Å². The molecule has 4 N–H and O–H groups in total. The van der Waals surface area contributed by atoms with Crippen molar-refractivity contribution in [1.82, 2.24) is 20.9 Å². The molecule has 0 bridgehead atoms. The normalized spacial score (nSPS) is 24.6. The van der Waals surface area contributed by atoms with Crippen molar-refractivity contribution in [2.75, 3.05) is 18.0 Å². The summed E-state index contributed by atoms with van der Waals surface area (Å²) in [6.07, 6.45) is 1.02. The van der Waals surface area contributed by atoms with E-state index in [4.69, 9.17) is 4.74 Å². The molecule has 6 rings (SSSR count). The van der Waals surface area contributed by atoms with E-state index in [1.165, 1.54) is 11.8 Å². The maximum Gasteiger partial charge on any atom is 0.327 e. The van der Waals surface area contributed by atoms with Crippen molar-refractivity contribution < 1.29 is 19.4 Å². The second-order valence-corrected chi connectivity index (χ2v) is 9.73. The van der Waals surface area contributed by atoms with Crippen LogP contribution in [0, 0.1) is 0 Å². The molecule has 4 heterocycles. The Bertz CT molecular complexity index is 1270. The lowest BCUT2D eigenvalue weighted by Gasteiger charge is -2.34. The molecule has 3 amide bonds. The number of hydrogen-bond acceptors (Lipinski definition) is 7. The number of thioether (sulfide) groups is 1. The third-order valence-electron chi connectivity index (χ3n) is 6.35. The van der Waals surface area contributed by atoms with Crippen LogP contribution in [0.5, 0.6) is 11.5 Å². The number of pyridine rings is 1. The highest BCUT2D eigenvalue weighted by Crippen LogP contribution is 2.50. The number of ether oxygens (including phenoxy) is 1. The van der Waals surface area contributed by atoms with Gasteiger partial charge in [-0.3, -0.25) is 9.69 Å². The average molecular weight is 490 g/mol. The van der Waals surface area contributed by atoms with Crippen molar-refractivity contribution in [2.45, 2.75) is 28.5 Å². The lowest BCUT2D eigenvalue weighted by Crippen LogP contribution is -2.51. The Hall–Kier alpha value is -3.60. The van der Waals surface area contributed by atoms with E-state index in [1.807, 2.05) is 54.6 Å². The standard InChI is InChI=1S/C25H23N5O4S/c31-19-13-26-12-17(19)28-23(32)22-21-20-18(10-11-27-24(20)35-22)30(25(33)29-21)14-6-8-16(9-7-14)34-15-4-2-1-3-5-15/h1-11,17,19,21-22,26,31H,12-13H2,(H,28,32)(H,29,33)/t17-,19-,21?,22?/m0/s1. The number of rotatable bonds is 5. The van der Waals surface area contributed by atoms with Gasteiger partial charge in [-0.25, -0.2) is 9.78 Å². The average Bonchev–Trinajstić information content (AvgIpc) is 3.44. The number of nitrogens with zero attached hydrogens (tertiary/aromatic N) is 2. The number of aliphatic hydroxyl groups excluding tert-OH is 1. The third-order valence-corrected chi connectivity index (χ3v) is 7.64. The molecule has 178 valence electrons. The van der Waals surface area contributed by atoms with Crippen molar-refractivity contribution in [1.29, 1.82) is 0 Å². The number of hydrogen-bond donors (Lipinski definition) is 4. The van der Waals surface area contributed by atoms with Crippen molar-refractivity contribution >= 4 is 35.1 Å². The Labute approximate surface area is 205 Å². The molecule has 1 saturated heterocycles. The lowest BCUT2D eigenvalue weighted by molar-refractivity contribution is -0.122. The summed E-state index contributed by atoms with van der Waals surface area (Å²) in [5, 5.41) is 19.2. The van der Waals surface area contributed by atoms with E-state index < -0.39 is 17.4 Å². The number of carbonyl (C=O) groups excluding carboxylic acids is 2. The second-order valence-electron chi connectivity index (χ2n) is 8.60. The molecule has 0 aliphatic carbocycles. The van der Waals surface area contributed by atoms with E-state index in [0.717, 1.165) is 11.3 Å². The first-order valence-electron chi connectivity index (χ1n) is 11.4. The van der Waals surface area contributed by atoms with E-state index in [1.54, 1.807) is 17.2 Å². The molecule has 1 fully saturated rings. The van der Waals surface area contributed by atoms with E-state index in [0.29, 0.717) is 35.2 Å². The first-order chi connectivity index (χ1) is 17.1. The fourth-order valence-electron chi connectivity index (χ4n) is 4.65. The zero-order valence-electron chi connectivity index (χ0n) is 18.5. The molecule has 35 heavy (non-hydrogen) atoms. The van der Waals surface area contributed by atoms with Gasteiger partial charge in [0.2, 0.25) is 5.91 Å². The number of urea groups is 1. The van der Waals surface area contributed by atoms with Gasteiger partial charge in [0.25, 0.3) is 0 Å². The Kier molecular flexibility index (Phi) is 5.56. The number of carbonyl (C=O) groups is 2. The quantitative estimate of drug-likeness (QED) is 0.436. The van der Waals surface area contributed by atoms with E-state index in [9.17, 15) is 14.7 Å². The molecule has 3 aromatic rings. The van der Waals surface area contributed by atoms with E-state index in [2.05, 4.69) is 20.9 Å². The van der Waals surface area contributed by atoms with Crippen LogP contribution < -0.4 is 25.6 Å². The number of benzene rings is 2. The van der Waals surface area contributed by atoms with Crippen molar-refractivity contribution in [2.24, 2.45) is 0 Å². The van der Waals surface area contributed by atoms with Crippen molar-refractivity contribution in [3.8, 4) is 11.5 Å². The molecule has 0 saturated carbocycles. The fourth-order valence-corrected chi connectivity index (χ4v) is 5.88. The maximum atomic E-state index is 13.3. The van der Waals surface area contributed by atoms with Gasteiger partial charge in [-0.15, -0.1) is 0 Å². The van der Waals surface area contributed by atoms with Gasteiger partial charge in [0, 0.05) is 24.8 Å². The van der Waals surface area contributed by atoms with Crippen LogP contribution in [0.25, 0.3) is 0 Å².